The van der Waals surface area contributed by atoms with Gasteiger partial charge in [0.25, 0.3) is 0 Å². The molecule has 0 heterocycles. The van der Waals surface area contributed by atoms with Crippen molar-refractivity contribution >= 4 is 28.1 Å². The second-order valence-electron chi connectivity index (χ2n) is 5.31. The Bertz CT molecular complexity index is 605. The molecule has 0 fully saturated rings. The Hall–Kier alpha value is -1.17. The fourth-order valence-corrected chi connectivity index (χ4v) is 6.32. The van der Waals surface area contributed by atoms with Crippen molar-refractivity contribution in [2.75, 3.05) is 0 Å². The first kappa shape index (κ1) is 16.2. The van der Waals surface area contributed by atoms with Crippen LogP contribution in [-0.4, -0.2) is 31.1 Å². The minimum absolute atomic E-state index is 0.360. The van der Waals surface area contributed by atoms with E-state index >= 15 is 0 Å². The van der Waals surface area contributed by atoms with Crippen molar-refractivity contribution in [2.24, 2.45) is 0 Å². The predicted octanol–water partition coefficient (Wildman–Crippen LogP) is 2.49. The summed E-state index contributed by atoms with van der Waals surface area (Å²) >= 11 is -0.531. The van der Waals surface area contributed by atoms with Crippen LogP contribution in [0.5, 0.6) is 11.5 Å². The average molecular weight is 398 g/mol. The molecule has 0 saturated heterocycles. The molecule has 0 radical (unpaired) electrons. The van der Waals surface area contributed by atoms with E-state index in [0.717, 1.165) is 12.8 Å². The summed E-state index contributed by atoms with van der Waals surface area (Å²) in [4.78, 5) is 0. The van der Waals surface area contributed by atoms with E-state index < -0.39 is 20.9 Å². The number of hydrogen-bond acceptors (Lipinski definition) is 2. The molecule has 21 heavy (non-hydrogen) atoms. The number of benzene rings is 2. The van der Waals surface area contributed by atoms with Crippen molar-refractivity contribution < 1.29 is 10.2 Å². The maximum absolute atomic E-state index is 9.79. The molecule has 0 unspecified atom stereocenters. The van der Waals surface area contributed by atoms with Gasteiger partial charge in [-0.05, 0) is 0 Å². The van der Waals surface area contributed by atoms with Gasteiger partial charge in [-0.15, -0.1) is 0 Å². The fraction of sp³-hybridized carbons (Fsp3) is 0.333. The molecule has 0 aliphatic heterocycles. The summed E-state index contributed by atoms with van der Waals surface area (Å²) < 4.78 is 2.84. The van der Waals surface area contributed by atoms with Crippen molar-refractivity contribution in [2.45, 2.75) is 40.5 Å². The Morgan fingerprint density at radius 2 is 1.14 bits per heavy atom. The van der Waals surface area contributed by atoms with Gasteiger partial charge >= 0.3 is 137 Å². The van der Waals surface area contributed by atoms with Gasteiger partial charge in [-0.1, -0.05) is 0 Å². The Labute approximate surface area is 136 Å². The molecule has 0 bridgehead atoms. The summed E-state index contributed by atoms with van der Waals surface area (Å²) in [6, 6.07) is 7.52. The van der Waals surface area contributed by atoms with Crippen LogP contribution in [0.4, 0.5) is 0 Å². The number of aryl methyl sites for hydroxylation is 4. The third kappa shape index (κ3) is 3.54. The number of aromatic hydroxyl groups is 2. The average Bonchev–Trinajstić information content (AvgIpc) is 2.42. The Morgan fingerprint density at radius 1 is 0.762 bits per heavy atom. The molecule has 0 saturated carbocycles. The maximum atomic E-state index is 9.79. The quantitative estimate of drug-likeness (QED) is 0.778. The summed E-state index contributed by atoms with van der Waals surface area (Å²) in [7, 11) is 0. The van der Waals surface area contributed by atoms with Crippen LogP contribution in [-0.2, 0) is 12.8 Å². The standard InChI is InChI=1S/C18H22O2Te/c1-5-13-9-15(19)7-11(3)17(13)21-18-12(4)8-16(20)10-14(18)6-2/h7-10,19-20H,5-6H2,1-4H3. The summed E-state index contributed by atoms with van der Waals surface area (Å²) in [6.45, 7) is 8.44. The van der Waals surface area contributed by atoms with Gasteiger partial charge in [-0.3, -0.25) is 0 Å². The SMILES string of the molecule is CCc1cc(O)cc(C)c1[Te]c1c(C)cc(O)cc1CC. The molecule has 0 aliphatic carbocycles. The van der Waals surface area contributed by atoms with E-state index in [1.54, 1.807) is 0 Å². The Kier molecular flexibility index (Phi) is 5.19. The number of hydrogen-bond donors (Lipinski definition) is 2. The molecule has 0 aromatic heterocycles. The summed E-state index contributed by atoms with van der Waals surface area (Å²) in [6.07, 6.45) is 1.88. The van der Waals surface area contributed by atoms with Crippen molar-refractivity contribution in [3.05, 3.63) is 46.5 Å². The van der Waals surface area contributed by atoms with Crippen molar-refractivity contribution in [1.82, 2.24) is 0 Å². The summed E-state index contributed by atoms with van der Waals surface area (Å²) in [5.74, 6) is 0.720. The van der Waals surface area contributed by atoms with Gasteiger partial charge in [0.15, 0.2) is 0 Å². The molecule has 2 N–H and O–H groups in total. The normalized spacial score (nSPS) is 10.9. The Balaban J connectivity index is 2.53. The monoisotopic (exact) mass is 400 g/mol. The first-order valence-electron chi connectivity index (χ1n) is 7.29. The number of phenolic OH excluding ortho intramolecular Hbond substituents is 2. The third-order valence-corrected chi connectivity index (χ3v) is 8.14. The second-order valence-corrected chi connectivity index (χ2v) is 8.22. The van der Waals surface area contributed by atoms with Crippen LogP contribution in [0, 0.1) is 13.8 Å². The van der Waals surface area contributed by atoms with Gasteiger partial charge < -0.3 is 0 Å². The van der Waals surface area contributed by atoms with Gasteiger partial charge in [0, 0.05) is 0 Å². The summed E-state index contributed by atoms with van der Waals surface area (Å²) in [5.41, 5.74) is 4.88. The summed E-state index contributed by atoms with van der Waals surface area (Å²) in [5, 5.41) is 19.6. The van der Waals surface area contributed by atoms with Crippen LogP contribution >= 0.6 is 0 Å². The predicted molar refractivity (Wildman–Crippen MR) is 89.5 cm³/mol. The molecule has 2 nitrogen and oxygen atoms in total. The van der Waals surface area contributed by atoms with E-state index in [1.165, 1.54) is 29.5 Å². The molecule has 0 amide bonds. The van der Waals surface area contributed by atoms with Crippen molar-refractivity contribution in [3.8, 4) is 11.5 Å². The molecule has 0 aliphatic rings. The number of phenols is 2. The molecule has 3 heteroatoms. The van der Waals surface area contributed by atoms with Gasteiger partial charge in [-0.25, -0.2) is 0 Å². The van der Waals surface area contributed by atoms with E-state index in [9.17, 15) is 10.2 Å². The van der Waals surface area contributed by atoms with E-state index in [0.29, 0.717) is 11.5 Å². The molecule has 2 aromatic carbocycles. The van der Waals surface area contributed by atoms with Gasteiger partial charge in [0.05, 0.1) is 0 Å². The zero-order valence-electron chi connectivity index (χ0n) is 13.0. The van der Waals surface area contributed by atoms with Crippen molar-refractivity contribution in [1.29, 1.82) is 0 Å². The third-order valence-electron chi connectivity index (χ3n) is 3.64. The molecule has 2 rings (SSSR count). The van der Waals surface area contributed by atoms with Crippen LogP contribution in [0.3, 0.4) is 0 Å². The Morgan fingerprint density at radius 3 is 1.48 bits per heavy atom. The fourth-order valence-electron chi connectivity index (χ4n) is 2.57. The van der Waals surface area contributed by atoms with Gasteiger partial charge in [0.1, 0.15) is 0 Å². The van der Waals surface area contributed by atoms with Crippen LogP contribution < -0.4 is 7.22 Å². The first-order chi connectivity index (χ1) is 9.96. The van der Waals surface area contributed by atoms with Crippen molar-refractivity contribution in [3.63, 3.8) is 0 Å². The zero-order valence-corrected chi connectivity index (χ0v) is 15.4. The molecule has 112 valence electrons. The van der Waals surface area contributed by atoms with Gasteiger partial charge in [-0.2, -0.15) is 0 Å². The zero-order chi connectivity index (χ0) is 15.6. The molecule has 0 atom stereocenters. The van der Waals surface area contributed by atoms with E-state index in [-0.39, 0.29) is 0 Å². The van der Waals surface area contributed by atoms with E-state index in [2.05, 4.69) is 27.7 Å². The molecular formula is C18H22O2Te. The van der Waals surface area contributed by atoms with Crippen LogP contribution in [0.1, 0.15) is 36.1 Å². The van der Waals surface area contributed by atoms with Crippen LogP contribution in [0.2, 0.25) is 0 Å². The van der Waals surface area contributed by atoms with Gasteiger partial charge in [0.2, 0.25) is 0 Å². The molecule has 0 spiro atoms. The van der Waals surface area contributed by atoms with Crippen LogP contribution in [0.25, 0.3) is 0 Å². The second kappa shape index (κ2) is 6.73. The van der Waals surface area contributed by atoms with E-state index in [1.807, 2.05) is 24.3 Å². The molecular weight excluding hydrogens is 376 g/mol. The number of rotatable bonds is 4. The van der Waals surface area contributed by atoms with E-state index in [4.69, 9.17) is 0 Å². The van der Waals surface area contributed by atoms with Crippen LogP contribution in [0.15, 0.2) is 24.3 Å². The topological polar surface area (TPSA) is 40.5 Å². The first-order valence-corrected chi connectivity index (χ1v) is 9.62. The minimum atomic E-state index is -0.531. The molecule has 2 aromatic rings.